The molecule has 0 heterocycles. The van der Waals surface area contributed by atoms with Crippen molar-refractivity contribution in [3.8, 4) is 0 Å². The Morgan fingerprint density at radius 2 is 1.37 bits per heavy atom. The summed E-state index contributed by atoms with van der Waals surface area (Å²) in [7, 11) is 1.53. The van der Waals surface area contributed by atoms with Crippen molar-refractivity contribution in [1.82, 2.24) is 0 Å². The molecule has 0 aliphatic heterocycles. The zero-order valence-corrected chi connectivity index (χ0v) is 25.5. The molecule has 0 aliphatic rings. The highest BCUT2D eigenvalue weighted by Crippen LogP contribution is 2.43. The lowest BCUT2D eigenvalue weighted by atomic mass is 10.0. The van der Waals surface area contributed by atoms with Gasteiger partial charge in [0.1, 0.15) is 25.9 Å². The van der Waals surface area contributed by atoms with Crippen LogP contribution >= 0.6 is 7.82 Å². The van der Waals surface area contributed by atoms with Gasteiger partial charge in [-0.3, -0.25) is 13.8 Å². The molecule has 0 amide bonds. The van der Waals surface area contributed by atoms with Gasteiger partial charge in [0.05, 0.1) is 34.2 Å². The zero-order chi connectivity index (χ0) is 28.5. The van der Waals surface area contributed by atoms with Gasteiger partial charge in [0.25, 0.3) is 0 Å². The van der Waals surface area contributed by atoms with E-state index in [-0.39, 0.29) is 19.6 Å². The number of carbonyl (C=O) groups excluding carboxylic acids is 1. The smallest absolute Gasteiger partial charge is 0.463 e. The third-order valence-electron chi connectivity index (χ3n) is 6.00. The first-order chi connectivity index (χ1) is 18.1. The maximum atomic E-state index is 11.8. The normalized spacial score (nSPS) is 14.8. The van der Waals surface area contributed by atoms with Crippen molar-refractivity contribution in [2.24, 2.45) is 0 Å². The van der Waals surface area contributed by atoms with Crippen molar-refractivity contribution in [1.29, 1.82) is 0 Å². The van der Waals surface area contributed by atoms with Crippen LogP contribution in [0.2, 0.25) is 0 Å². The Bertz CT molecular complexity index is 676. The molecule has 0 radical (unpaired) electrons. The summed E-state index contributed by atoms with van der Waals surface area (Å²) in [5.74, 6) is -0.479. The Labute approximate surface area is 232 Å². The maximum absolute atomic E-state index is 11.8. The van der Waals surface area contributed by atoms with Gasteiger partial charge in [0.2, 0.25) is 0 Å². The number of phosphoric ester groups is 1. The second kappa shape index (κ2) is 23.8. The lowest BCUT2D eigenvalue weighted by Crippen LogP contribution is -2.37. The summed E-state index contributed by atoms with van der Waals surface area (Å²) in [4.78, 5) is 21.4. The summed E-state index contributed by atoms with van der Waals surface area (Å²) in [6.45, 7) is 2.05. The van der Waals surface area contributed by atoms with Gasteiger partial charge in [-0.25, -0.2) is 4.57 Å². The van der Waals surface area contributed by atoms with Crippen LogP contribution in [0, 0.1) is 0 Å². The number of ether oxygens (including phenoxy) is 1. The van der Waals surface area contributed by atoms with Crippen LogP contribution in [-0.2, 0) is 23.1 Å². The molecule has 0 aliphatic carbocycles. The summed E-state index contributed by atoms with van der Waals surface area (Å²) >= 11 is 0. The zero-order valence-electron chi connectivity index (χ0n) is 24.7. The van der Waals surface area contributed by atoms with Crippen molar-refractivity contribution >= 4 is 13.8 Å². The van der Waals surface area contributed by atoms with Crippen LogP contribution in [0.1, 0.15) is 103 Å². The molecule has 2 atom stereocenters. The van der Waals surface area contributed by atoms with E-state index >= 15 is 0 Å². The molecule has 1 unspecified atom stereocenters. The SMILES string of the molecule is CCCCCCCCCCCCCCC=CCC=CCC(=O)OC[C@@H](O)COP(=O)(O)OCC[N+](C)(C)C. The molecule has 8 nitrogen and oxygen atoms in total. The summed E-state index contributed by atoms with van der Waals surface area (Å²) in [5, 5.41) is 9.82. The molecule has 9 heteroatoms. The van der Waals surface area contributed by atoms with Crippen LogP contribution in [0.4, 0.5) is 0 Å². The number of carbonyl (C=O) groups is 1. The number of hydrogen-bond donors (Lipinski definition) is 2. The van der Waals surface area contributed by atoms with Gasteiger partial charge in [-0.1, -0.05) is 102 Å². The van der Waals surface area contributed by atoms with Crippen molar-refractivity contribution in [2.45, 2.75) is 109 Å². The Kier molecular flexibility index (Phi) is 23.2. The predicted molar refractivity (Wildman–Crippen MR) is 155 cm³/mol. The van der Waals surface area contributed by atoms with E-state index in [4.69, 9.17) is 13.8 Å². The number of rotatable bonds is 26. The molecular weight excluding hydrogens is 505 g/mol. The van der Waals surface area contributed by atoms with Gasteiger partial charge < -0.3 is 19.2 Å². The Balaban J connectivity index is 3.64. The number of aliphatic hydroxyl groups excluding tert-OH is 1. The minimum atomic E-state index is -4.26. The van der Waals surface area contributed by atoms with Gasteiger partial charge in [-0.2, -0.15) is 0 Å². The molecule has 0 fully saturated rings. The average molecular weight is 563 g/mol. The molecule has 0 aromatic rings. The van der Waals surface area contributed by atoms with E-state index in [1.807, 2.05) is 27.2 Å². The molecule has 224 valence electrons. The van der Waals surface area contributed by atoms with Gasteiger partial charge in [-0.05, 0) is 19.3 Å². The first-order valence-corrected chi connectivity index (χ1v) is 16.1. The molecular formula is C29H57NO7P+. The quantitative estimate of drug-likeness (QED) is 0.0397. The number of hydrogen-bond acceptors (Lipinski definition) is 6. The number of aliphatic hydroxyl groups is 1. The number of allylic oxidation sites excluding steroid dienone is 3. The highest BCUT2D eigenvalue weighted by atomic mass is 31.2. The van der Waals surface area contributed by atoms with E-state index in [0.29, 0.717) is 11.0 Å². The van der Waals surface area contributed by atoms with Crippen LogP contribution in [-0.4, -0.2) is 74.1 Å². The first kappa shape index (κ1) is 37.0. The lowest BCUT2D eigenvalue weighted by molar-refractivity contribution is -0.870. The van der Waals surface area contributed by atoms with E-state index in [1.54, 1.807) is 6.08 Å². The Hall–Kier alpha value is -1.02. The number of quaternary nitrogens is 1. The van der Waals surface area contributed by atoms with E-state index < -0.39 is 26.5 Å². The van der Waals surface area contributed by atoms with E-state index in [2.05, 4.69) is 19.1 Å². The molecule has 0 saturated carbocycles. The van der Waals surface area contributed by atoms with Crippen LogP contribution in [0.3, 0.4) is 0 Å². The molecule has 2 N–H and O–H groups in total. The van der Waals surface area contributed by atoms with Crippen molar-refractivity contribution in [2.75, 3.05) is 47.5 Å². The minimum Gasteiger partial charge on any atom is -0.463 e. The lowest BCUT2D eigenvalue weighted by Gasteiger charge is -2.24. The molecule has 0 aromatic heterocycles. The van der Waals surface area contributed by atoms with Crippen molar-refractivity contribution in [3.63, 3.8) is 0 Å². The largest absolute Gasteiger partial charge is 0.472 e. The number of phosphoric acid groups is 1. The Morgan fingerprint density at radius 3 is 1.95 bits per heavy atom. The van der Waals surface area contributed by atoms with Gasteiger partial charge >= 0.3 is 13.8 Å². The summed E-state index contributed by atoms with van der Waals surface area (Å²) in [6, 6.07) is 0. The van der Waals surface area contributed by atoms with Gasteiger partial charge in [-0.15, -0.1) is 0 Å². The molecule has 0 aromatic carbocycles. The van der Waals surface area contributed by atoms with Crippen LogP contribution in [0.5, 0.6) is 0 Å². The highest BCUT2D eigenvalue weighted by Gasteiger charge is 2.24. The summed E-state index contributed by atoms with van der Waals surface area (Å²) < 4.78 is 27.0. The second-order valence-corrected chi connectivity index (χ2v) is 12.5. The second-order valence-electron chi connectivity index (χ2n) is 11.0. The van der Waals surface area contributed by atoms with Crippen LogP contribution in [0.25, 0.3) is 0 Å². The molecule has 0 saturated heterocycles. The molecule has 0 bridgehead atoms. The number of likely N-dealkylation sites (N-methyl/N-ethyl adjacent to an activating group) is 1. The predicted octanol–water partition coefficient (Wildman–Crippen LogP) is 6.71. The van der Waals surface area contributed by atoms with Gasteiger partial charge in [0.15, 0.2) is 0 Å². The monoisotopic (exact) mass is 562 g/mol. The third-order valence-corrected chi connectivity index (χ3v) is 6.98. The number of unbranched alkanes of at least 4 members (excludes halogenated alkanes) is 12. The minimum absolute atomic E-state index is 0.0449. The van der Waals surface area contributed by atoms with Gasteiger partial charge in [0, 0.05) is 0 Å². The molecule has 0 rings (SSSR count). The van der Waals surface area contributed by atoms with Crippen molar-refractivity contribution < 1.29 is 37.6 Å². The third kappa shape index (κ3) is 28.0. The van der Waals surface area contributed by atoms with Crippen LogP contribution < -0.4 is 0 Å². The average Bonchev–Trinajstić information content (AvgIpc) is 2.84. The fourth-order valence-corrected chi connectivity index (χ4v) is 4.36. The molecule has 38 heavy (non-hydrogen) atoms. The van der Waals surface area contributed by atoms with E-state index in [1.165, 1.54) is 77.0 Å². The number of esters is 1. The standard InChI is InChI=1S/C29H56NO7P/c1-5-6-7-8-9-10-11-12-13-14-15-16-17-18-19-20-21-22-23-29(32)35-26-28(31)27-37-38(33,34)36-25-24-30(2,3)4/h18-19,21-22,28,31H,5-17,20,23-27H2,1-4H3/p+1/t28-/m1/s1. The summed E-state index contributed by atoms with van der Waals surface area (Å²) in [6.07, 6.45) is 25.0. The fourth-order valence-electron chi connectivity index (χ4n) is 3.62. The fraction of sp³-hybridized carbons (Fsp3) is 0.828. The van der Waals surface area contributed by atoms with E-state index in [0.717, 1.165) is 12.8 Å². The molecule has 0 spiro atoms. The highest BCUT2D eigenvalue weighted by molar-refractivity contribution is 7.47. The van der Waals surface area contributed by atoms with E-state index in [9.17, 15) is 19.4 Å². The first-order valence-electron chi connectivity index (χ1n) is 14.6. The Morgan fingerprint density at radius 1 is 0.816 bits per heavy atom. The van der Waals surface area contributed by atoms with Crippen LogP contribution in [0.15, 0.2) is 24.3 Å². The van der Waals surface area contributed by atoms with Crippen molar-refractivity contribution in [3.05, 3.63) is 24.3 Å². The maximum Gasteiger partial charge on any atom is 0.472 e. The number of nitrogens with zero attached hydrogens (tertiary/aromatic N) is 1. The topological polar surface area (TPSA) is 102 Å². The summed E-state index contributed by atoms with van der Waals surface area (Å²) in [5.41, 5.74) is 0.